The van der Waals surface area contributed by atoms with Crippen LogP contribution in [-0.2, 0) is 4.79 Å². The summed E-state index contributed by atoms with van der Waals surface area (Å²) in [6.07, 6.45) is 5.87. The van der Waals surface area contributed by atoms with Crippen molar-refractivity contribution in [3.05, 3.63) is 36.4 Å². The summed E-state index contributed by atoms with van der Waals surface area (Å²) in [5.74, 6) is 0.428. The Labute approximate surface area is 122 Å². The average molecular weight is 286 g/mol. The number of nitrogens with one attached hydrogen (secondary N) is 1. The van der Waals surface area contributed by atoms with Crippen molar-refractivity contribution in [2.24, 2.45) is 0 Å². The maximum absolute atomic E-state index is 12.1. The number of imidazole rings is 1. The molecule has 6 heteroatoms. The Bertz CT molecular complexity index is 664. The third-order valence-electron chi connectivity index (χ3n) is 3.70. The molecule has 1 fully saturated rings. The van der Waals surface area contributed by atoms with Crippen molar-refractivity contribution in [1.29, 1.82) is 0 Å². The zero-order valence-electron chi connectivity index (χ0n) is 11.8. The van der Waals surface area contributed by atoms with Gasteiger partial charge in [0.15, 0.2) is 0 Å². The van der Waals surface area contributed by atoms with E-state index in [1.165, 1.54) is 0 Å². The highest BCUT2D eigenvalue weighted by Gasteiger charge is 2.19. The Balaban J connectivity index is 1.51. The van der Waals surface area contributed by atoms with Crippen molar-refractivity contribution in [3.63, 3.8) is 0 Å². The van der Waals surface area contributed by atoms with E-state index < -0.39 is 0 Å². The monoisotopic (exact) mass is 286 g/mol. The Kier molecular flexibility index (Phi) is 3.85. The Morgan fingerprint density at radius 2 is 2.29 bits per heavy atom. The minimum atomic E-state index is -0.186. The average Bonchev–Trinajstić information content (AvgIpc) is 3.10. The van der Waals surface area contributed by atoms with E-state index in [1.54, 1.807) is 10.6 Å². The number of amides is 2. The van der Waals surface area contributed by atoms with E-state index in [-0.39, 0.29) is 11.8 Å². The smallest absolute Gasteiger partial charge is 0.287 e. The number of likely N-dealkylation sites (tertiary alicyclic amines) is 1. The fourth-order valence-corrected chi connectivity index (χ4v) is 2.60. The molecule has 1 saturated heterocycles. The number of hydrogen-bond acceptors (Lipinski definition) is 3. The molecule has 0 aliphatic carbocycles. The number of carbonyl (C=O) groups excluding carboxylic acids is 2. The summed E-state index contributed by atoms with van der Waals surface area (Å²) < 4.78 is 1.76. The van der Waals surface area contributed by atoms with Crippen molar-refractivity contribution in [1.82, 2.24) is 19.6 Å². The van der Waals surface area contributed by atoms with Crippen LogP contribution in [0, 0.1) is 0 Å². The van der Waals surface area contributed by atoms with Crippen molar-refractivity contribution in [3.8, 4) is 0 Å². The fourth-order valence-electron chi connectivity index (χ4n) is 2.60. The molecule has 6 nitrogen and oxygen atoms in total. The third-order valence-corrected chi connectivity index (χ3v) is 3.70. The molecule has 3 rings (SSSR count). The van der Waals surface area contributed by atoms with Gasteiger partial charge in [-0.15, -0.1) is 0 Å². The lowest BCUT2D eigenvalue weighted by Crippen LogP contribution is -2.31. The first-order valence-electron chi connectivity index (χ1n) is 7.24. The van der Waals surface area contributed by atoms with Gasteiger partial charge in [-0.25, -0.2) is 4.98 Å². The molecule has 0 atom stereocenters. The van der Waals surface area contributed by atoms with Gasteiger partial charge in [-0.05, 0) is 25.0 Å². The molecular weight excluding hydrogens is 268 g/mol. The maximum Gasteiger partial charge on any atom is 0.287 e. The lowest BCUT2D eigenvalue weighted by molar-refractivity contribution is -0.127. The summed E-state index contributed by atoms with van der Waals surface area (Å²) >= 11 is 0. The highest BCUT2D eigenvalue weighted by Crippen LogP contribution is 2.09. The molecule has 1 aliphatic rings. The summed E-state index contributed by atoms with van der Waals surface area (Å²) in [4.78, 5) is 29.6. The second-order valence-corrected chi connectivity index (χ2v) is 5.17. The Morgan fingerprint density at radius 3 is 3.10 bits per heavy atom. The predicted molar refractivity (Wildman–Crippen MR) is 78.0 cm³/mol. The summed E-state index contributed by atoms with van der Waals surface area (Å²) in [7, 11) is 0. The zero-order chi connectivity index (χ0) is 14.7. The van der Waals surface area contributed by atoms with E-state index in [9.17, 15) is 9.59 Å². The maximum atomic E-state index is 12.1. The molecule has 0 radical (unpaired) electrons. The summed E-state index contributed by atoms with van der Waals surface area (Å²) in [6, 6.07) is 5.68. The lowest BCUT2D eigenvalue weighted by Gasteiger charge is -2.15. The molecule has 3 heterocycles. The number of pyridine rings is 1. The van der Waals surface area contributed by atoms with Crippen LogP contribution in [0.5, 0.6) is 0 Å². The van der Waals surface area contributed by atoms with Gasteiger partial charge >= 0.3 is 0 Å². The fraction of sp³-hybridized carbons (Fsp3) is 0.400. The van der Waals surface area contributed by atoms with Crippen LogP contribution in [0.2, 0.25) is 0 Å². The molecule has 1 N–H and O–H groups in total. The minimum absolute atomic E-state index is 0.186. The normalized spacial score (nSPS) is 14.9. The van der Waals surface area contributed by atoms with E-state index in [0.29, 0.717) is 25.3 Å². The summed E-state index contributed by atoms with van der Waals surface area (Å²) in [5.41, 5.74) is 0.894. The zero-order valence-corrected chi connectivity index (χ0v) is 11.8. The van der Waals surface area contributed by atoms with E-state index in [1.807, 2.05) is 29.3 Å². The number of hydrogen-bond donors (Lipinski definition) is 1. The molecule has 2 aromatic rings. The van der Waals surface area contributed by atoms with Crippen molar-refractivity contribution in [2.75, 3.05) is 19.6 Å². The first kappa shape index (κ1) is 13.6. The minimum Gasteiger partial charge on any atom is -0.349 e. The predicted octanol–water partition coefficient (Wildman–Crippen LogP) is 1.08. The SMILES string of the molecule is O=C(NCCCN1CCCC1=O)c1ncc2ccccn12. The number of rotatable bonds is 5. The molecule has 0 spiro atoms. The van der Waals surface area contributed by atoms with Crippen LogP contribution >= 0.6 is 0 Å². The van der Waals surface area contributed by atoms with Crippen molar-refractivity contribution >= 4 is 17.3 Å². The van der Waals surface area contributed by atoms with Crippen LogP contribution in [0.15, 0.2) is 30.6 Å². The van der Waals surface area contributed by atoms with Gasteiger partial charge in [0.2, 0.25) is 11.7 Å². The van der Waals surface area contributed by atoms with Gasteiger partial charge in [-0.1, -0.05) is 6.07 Å². The second kappa shape index (κ2) is 5.95. The lowest BCUT2D eigenvalue weighted by atomic mass is 10.3. The number of aromatic nitrogens is 2. The molecule has 2 aromatic heterocycles. The first-order valence-corrected chi connectivity index (χ1v) is 7.24. The van der Waals surface area contributed by atoms with E-state index in [2.05, 4.69) is 10.3 Å². The highest BCUT2D eigenvalue weighted by molar-refractivity contribution is 5.91. The molecule has 110 valence electrons. The number of fused-ring (bicyclic) bond motifs is 1. The molecule has 0 aromatic carbocycles. The van der Waals surface area contributed by atoms with Gasteiger partial charge in [-0.2, -0.15) is 0 Å². The van der Waals surface area contributed by atoms with E-state index in [0.717, 1.165) is 24.9 Å². The molecule has 2 amide bonds. The molecular formula is C15H18N4O2. The van der Waals surface area contributed by atoms with Gasteiger partial charge in [-0.3, -0.25) is 14.0 Å². The molecule has 0 saturated carbocycles. The Hall–Kier alpha value is -2.37. The molecule has 21 heavy (non-hydrogen) atoms. The van der Waals surface area contributed by atoms with Crippen LogP contribution in [0.25, 0.3) is 5.52 Å². The molecule has 0 bridgehead atoms. The van der Waals surface area contributed by atoms with Crippen LogP contribution < -0.4 is 5.32 Å². The highest BCUT2D eigenvalue weighted by atomic mass is 16.2. The van der Waals surface area contributed by atoms with Gasteiger partial charge < -0.3 is 10.2 Å². The summed E-state index contributed by atoms with van der Waals surface area (Å²) in [5, 5.41) is 2.86. The number of nitrogens with zero attached hydrogens (tertiary/aromatic N) is 3. The first-order chi connectivity index (χ1) is 10.3. The van der Waals surface area contributed by atoms with E-state index >= 15 is 0 Å². The third kappa shape index (κ3) is 2.89. The van der Waals surface area contributed by atoms with Crippen molar-refractivity contribution in [2.45, 2.75) is 19.3 Å². The second-order valence-electron chi connectivity index (χ2n) is 5.17. The van der Waals surface area contributed by atoms with Gasteiger partial charge in [0.25, 0.3) is 5.91 Å². The van der Waals surface area contributed by atoms with Gasteiger partial charge in [0.05, 0.1) is 11.7 Å². The van der Waals surface area contributed by atoms with Crippen LogP contribution in [-0.4, -0.2) is 45.7 Å². The van der Waals surface area contributed by atoms with Crippen molar-refractivity contribution < 1.29 is 9.59 Å². The summed E-state index contributed by atoms with van der Waals surface area (Å²) in [6.45, 7) is 2.10. The largest absolute Gasteiger partial charge is 0.349 e. The van der Waals surface area contributed by atoms with Crippen LogP contribution in [0.3, 0.4) is 0 Å². The quantitative estimate of drug-likeness (QED) is 0.836. The van der Waals surface area contributed by atoms with Crippen LogP contribution in [0.1, 0.15) is 29.9 Å². The number of carbonyl (C=O) groups is 2. The van der Waals surface area contributed by atoms with E-state index in [4.69, 9.17) is 0 Å². The van der Waals surface area contributed by atoms with Gasteiger partial charge in [0, 0.05) is 32.3 Å². The van der Waals surface area contributed by atoms with Gasteiger partial charge in [0.1, 0.15) is 0 Å². The topological polar surface area (TPSA) is 66.7 Å². The molecule has 1 aliphatic heterocycles. The Morgan fingerprint density at radius 1 is 1.38 bits per heavy atom. The standard InChI is InChI=1S/C15H18N4O2/c20-13-6-3-8-18(13)9-4-7-16-15(21)14-17-11-12-5-1-2-10-19(12)14/h1-2,5,10-11H,3-4,6-9H2,(H,16,21). The molecule has 0 unspecified atom stereocenters. The van der Waals surface area contributed by atoms with Crippen LogP contribution in [0.4, 0.5) is 0 Å².